The number of rotatable bonds is 3. The molecular weight excluding hydrogens is 408 g/mol. The van der Waals surface area contributed by atoms with Crippen LogP contribution in [0.15, 0.2) is 65.8 Å². The first-order valence-electron chi connectivity index (χ1n) is 9.42. The fourth-order valence-electron chi connectivity index (χ4n) is 3.93. The molecule has 1 N–H and O–H groups in total. The van der Waals surface area contributed by atoms with Gasteiger partial charge in [-0.3, -0.25) is 0 Å². The van der Waals surface area contributed by atoms with Crippen LogP contribution in [0.5, 0.6) is 0 Å². The first kappa shape index (κ1) is 18.4. The Morgan fingerprint density at radius 1 is 0.931 bits per heavy atom. The first-order chi connectivity index (χ1) is 14.1. The third-order valence-electron chi connectivity index (χ3n) is 5.35. The van der Waals surface area contributed by atoms with Crippen LogP contribution < -0.4 is 10.2 Å². The van der Waals surface area contributed by atoms with E-state index in [1.54, 1.807) is 36.4 Å². The second-order valence-corrected chi connectivity index (χ2v) is 9.21. The van der Waals surface area contributed by atoms with Crippen molar-refractivity contribution in [2.24, 2.45) is 0 Å². The first-order valence-corrected chi connectivity index (χ1v) is 11.2. The summed E-state index contributed by atoms with van der Waals surface area (Å²) in [6.45, 7) is 3.51. The van der Waals surface area contributed by atoms with Crippen molar-refractivity contribution >= 4 is 49.1 Å². The van der Waals surface area contributed by atoms with Crippen LogP contribution in [0.4, 0.5) is 5.69 Å². The van der Waals surface area contributed by atoms with Crippen molar-refractivity contribution in [2.45, 2.75) is 4.90 Å². The van der Waals surface area contributed by atoms with E-state index in [1.165, 1.54) is 10.3 Å². The smallest absolute Gasteiger partial charge is 0.270 e. The molecule has 1 aromatic heterocycles. The number of fused-ring (bicyclic) bond motifs is 2. The quantitative estimate of drug-likeness (QED) is 0.543. The number of benzene rings is 3. The van der Waals surface area contributed by atoms with Crippen LogP contribution in [-0.4, -0.2) is 43.6 Å². The lowest BCUT2D eigenvalue weighted by molar-refractivity contribution is 0.589. The average molecular weight is 427 g/mol. The average Bonchev–Trinajstić information content (AvgIpc) is 3.19. The minimum atomic E-state index is -3.85. The molecule has 0 spiro atoms. The standard InChI is InChI=1S/C21H19ClN4O2S/c22-17-6-1-5-16-15(17)4-2-9-20(16)29(27,28)26-14-24-21-18(7-3-8-19(21)26)25-12-10-23-11-13-25/h1-9,14,23H,10-13H2. The molecule has 6 nitrogen and oxygen atoms in total. The van der Waals surface area contributed by atoms with Crippen molar-refractivity contribution in [2.75, 3.05) is 31.1 Å². The Hall–Kier alpha value is -2.61. The number of aromatic nitrogens is 2. The number of nitrogens with zero attached hydrogens (tertiary/aromatic N) is 3. The van der Waals surface area contributed by atoms with Crippen LogP contribution in [-0.2, 0) is 10.0 Å². The molecule has 0 unspecified atom stereocenters. The molecule has 148 valence electrons. The molecule has 0 aliphatic carbocycles. The van der Waals surface area contributed by atoms with Gasteiger partial charge >= 0.3 is 0 Å². The molecule has 0 bridgehead atoms. The summed E-state index contributed by atoms with van der Waals surface area (Å²) in [7, 11) is -3.85. The van der Waals surface area contributed by atoms with Gasteiger partial charge < -0.3 is 10.2 Å². The van der Waals surface area contributed by atoms with E-state index in [4.69, 9.17) is 11.6 Å². The zero-order valence-electron chi connectivity index (χ0n) is 15.5. The summed E-state index contributed by atoms with van der Waals surface area (Å²) in [6, 6.07) is 16.1. The zero-order valence-corrected chi connectivity index (χ0v) is 17.1. The van der Waals surface area contributed by atoms with Gasteiger partial charge in [0.15, 0.2) is 0 Å². The largest absolute Gasteiger partial charge is 0.367 e. The van der Waals surface area contributed by atoms with Crippen molar-refractivity contribution in [3.05, 3.63) is 65.9 Å². The Morgan fingerprint density at radius 2 is 1.66 bits per heavy atom. The Bertz CT molecular complexity index is 1330. The predicted molar refractivity (Wildman–Crippen MR) is 116 cm³/mol. The van der Waals surface area contributed by atoms with Gasteiger partial charge in [-0.25, -0.2) is 17.4 Å². The highest BCUT2D eigenvalue weighted by Gasteiger charge is 2.24. The summed E-state index contributed by atoms with van der Waals surface area (Å²) in [5.41, 5.74) is 2.22. The number of halogens is 1. The molecule has 1 aliphatic heterocycles. The van der Waals surface area contributed by atoms with Gasteiger partial charge in [-0.1, -0.05) is 41.9 Å². The van der Waals surface area contributed by atoms with E-state index >= 15 is 0 Å². The number of imidazole rings is 1. The Morgan fingerprint density at radius 3 is 2.48 bits per heavy atom. The summed E-state index contributed by atoms with van der Waals surface area (Å²) in [5, 5.41) is 5.16. The summed E-state index contributed by atoms with van der Waals surface area (Å²) >= 11 is 6.28. The minimum Gasteiger partial charge on any atom is -0.367 e. The van der Waals surface area contributed by atoms with E-state index in [9.17, 15) is 8.42 Å². The number of anilines is 1. The van der Waals surface area contributed by atoms with E-state index in [1.807, 2.05) is 18.2 Å². The highest BCUT2D eigenvalue weighted by molar-refractivity contribution is 7.90. The van der Waals surface area contributed by atoms with Crippen molar-refractivity contribution in [1.82, 2.24) is 14.3 Å². The van der Waals surface area contributed by atoms with Gasteiger partial charge in [0.2, 0.25) is 0 Å². The highest BCUT2D eigenvalue weighted by atomic mass is 35.5. The molecule has 2 heterocycles. The van der Waals surface area contributed by atoms with Crippen molar-refractivity contribution in [1.29, 1.82) is 0 Å². The third kappa shape index (κ3) is 2.97. The predicted octanol–water partition coefficient (Wildman–Crippen LogP) is 3.49. The van der Waals surface area contributed by atoms with E-state index in [2.05, 4.69) is 15.2 Å². The topological polar surface area (TPSA) is 67.2 Å². The highest BCUT2D eigenvalue weighted by Crippen LogP contribution is 2.32. The van der Waals surface area contributed by atoms with Gasteiger partial charge in [0.05, 0.1) is 16.1 Å². The van der Waals surface area contributed by atoms with Gasteiger partial charge in [-0.2, -0.15) is 0 Å². The van der Waals surface area contributed by atoms with Crippen LogP contribution in [0.1, 0.15) is 0 Å². The molecule has 0 saturated carbocycles. The van der Waals surface area contributed by atoms with Gasteiger partial charge in [0.1, 0.15) is 11.8 Å². The summed E-state index contributed by atoms with van der Waals surface area (Å²) in [5.74, 6) is 0. The van der Waals surface area contributed by atoms with Gasteiger partial charge in [0, 0.05) is 42.0 Å². The van der Waals surface area contributed by atoms with Crippen LogP contribution >= 0.6 is 11.6 Å². The Kier molecular flexibility index (Phi) is 4.46. The van der Waals surface area contributed by atoms with Crippen LogP contribution in [0, 0.1) is 0 Å². The molecular formula is C21H19ClN4O2S. The second-order valence-electron chi connectivity index (χ2n) is 7.02. The van der Waals surface area contributed by atoms with Gasteiger partial charge in [-0.15, -0.1) is 0 Å². The number of hydrogen-bond acceptors (Lipinski definition) is 5. The molecule has 1 fully saturated rings. The maximum absolute atomic E-state index is 13.6. The van der Waals surface area contributed by atoms with Gasteiger partial charge in [0.25, 0.3) is 10.0 Å². The fourth-order valence-corrected chi connectivity index (χ4v) is 5.66. The maximum Gasteiger partial charge on any atom is 0.270 e. The molecule has 1 aliphatic rings. The number of para-hydroxylation sites is 1. The molecule has 1 saturated heterocycles. The third-order valence-corrected chi connectivity index (χ3v) is 7.40. The Labute approximate surface area is 173 Å². The van der Waals surface area contributed by atoms with E-state index in [-0.39, 0.29) is 4.90 Å². The molecule has 0 amide bonds. The molecule has 29 heavy (non-hydrogen) atoms. The molecule has 8 heteroatoms. The number of piperazine rings is 1. The van der Waals surface area contributed by atoms with Gasteiger partial charge in [-0.05, 0) is 24.3 Å². The van der Waals surface area contributed by atoms with Crippen LogP contribution in [0.25, 0.3) is 21.8 Å². The number of nitrogens with one attached hydrogen (secondary N) is 1. The van der Waals surface area contributed by atoms with Crippen molar-refractivity contribution in [3.8, 4) is 0 Å². The molecule has 5 rings (SSSR count). The normalized spacial score (nSPS) is 15.3. The van der Waals surface area contributed by atoms with Crippen molar-refractivity contribution < 1.29 is 8.42 Å². The molecule has 0 atom stereocenters. The molecule has 4 aromatic rings. The fraction of sp³-hybridized carbons (Fsp3) is 0.190. The minimum absolute atomic E-state index is 0.212. The lowest BCUT2D eigenvalue weighted by Gasteiger charge is -2.29. The Balaban J connectivity index is 1.69. The van der Waals surface area contributed by atoms with E-state index in [0.29, 0.717) is 26.8 Å². The SMILES string of the molecule is O=S(=O)(c1cccc2c(Cl)cccc12)n1cnc2c(N3CCNCC3)cccc21. The lowest BCUT2D eigenvalue weighted by atomic mass is 10.1. The summed E-state index contributed by atoms with van der Waals surface area (Å²) < 4.78 is 28.4. The molecule has 3 aromatic carbocycles. The summed E-state index contributed by atoms with van der Waals surface area (Å²) in [6.07, 6.45) is 1.40. The maximum atomic E-state index is 13.6. The zero-order chi connectivity index (χ0) is 20.0. The van der Waals surface area contributed by atoms with E-state index < -0.39 is 10.0 Å². The number of hydrogen-bond donors (Lipinski definition) is 1. The molecule has 0 radical (unpaired) electrons. The lowest BCUT2D eigenvalue weighted by Crippen LogP contribution is -2.43. The summed E-state index contributed by atoms with van der Waals surface area (Å²) in [4.78, 5) is 6.93. The van der Waals surface area contributed by atoms with Crippen LogP contribution in [0.2, 0.25) is 5.02 Å². The van der Waals surface area contributed by atoms with Crippen molar-refractivity contribution in [3.63, 3.8) is 0 Å². The second kappa shape index (κ2) is 7.02. The van der Waals surface area contributed by atoms with Crippen LogP contribution in [0.3, 0.4) is 0 Å². The monoisotopic (exact) mass is 426 g/mol. The van der Waals surface area contributed by atoms with E-state index in [0.717, 1.165) is 31.9 Å².